The Morgan fingerprint density at radius 1 is 1.21 bits per heavy atom. The van der Waals surface area contributed by atoms with Crippen LogP contribution < -0.4 is 10.6 Å². The Morgan fingerprint density at radius 2 is 1.82 bits per heavy atom. The second-order valence-electron chi connectivity index (χ2n) is 8.91. The summed E-state index contributed by atoms with van der Waals surface area (Å²) in [6, 6.07) is 4.82. The number of amides is 1. The third-order valence-corrected chi connectivity index (χ3v) is 7.02. The molecule has 0 spiro atoms. The molecular formula is C22H25F2N3O. The van der Waals surface area contributed by atoms with Crippen molar-refractivity contribution >= 4 is 11.6 Å². The van der Waals surface area contributed by atoms with Crippen LogP contribution in [-0.4, -0.2) is 11.9 Å². The van der Waals surface area contributed by atoms with Crippen LogP contribution in [0.3, 0.4) is 0 Å². The molecule has 4 aliphatic rings. The van der Waals surface area contributed by atoms with E-state index < -0.39 is 17.5 Å². The zero-order chi connectivity index (χ0) is 19.9. The van der Waals surface area contributed by atoms with E-state index in [4.69, 9.17) is 0 Å². The first-order chi connectivity index (χ1) is 13.4. The lowest BCUT2D eigenvalue weighted by atomic mass is 9.48. The Morgan fingerprint density at radius 3 is 2.39 bits per heavy atom. The maximum atomic E-state index is 13.7. The molecule has 4 saturated carbocycles. The minimum atomic E-state index is -0.655. The molecule has 0 aliphatic heterocycles. The predicted octanol–water partition coefficient (Wildman–Crippen LogP) is 4.51. The molecule has 1 atom stereocenters. The molecule has 5 rings (SSSR count). The lowest BCUT2D eigenvalue weighted by molar-refractivity contribution is -0.122. The smallest absolute Gasteiger partial charge is 0.263 e. The van der Waals surface area contributed by atoms with Gasteiger partial charge in [0.2, 0.25) is 0 Å². The molecule has 0 saturated heterocycles. The highest BCUT2D eigenvalue weighted by Crippen LogP contribution is 2.61. The summed E-state index contributed by atoms with van der Waals surface area (Å²) in [6.07, 6.45) is 8.57. The van der Waals surface area contributed by atoms with Crippen LogP contribution in [-0.2, 0) is 4.79 Å². The van der Waals surface area contributed by atoms with Crippen molar-refractivity contribution in [2.24, 2.45) is 23.2 Å². The maximum absolute atomic E-state index is 13.7. The van der Waals surface area contributed by atoms with E-state index in [1.165, 1.54) is 19.3 Å². The number of carbonyl (C=O) groups is 1. The van der Waals surface area contributed by atoms with Gasteiger partial charge in [0.25, 0.3) is 5.91 Å². The van der Waals surface area contributed by atoms with Crippen LogP contribution in [0.2, 0.25) is 0 Å². The summed E-state index contributed by atoms with van der Waals surface area (Å²) in [4.78, 5) is 12.6. The first-order valence-electron chi connectivity index (χ1n) is 10.0. The fourth-order valence-corrected chi connectivity index (χ4v) is 6.04. The molecule has 4 bridgehead atoms. The van der Waals surface area contributed by atoms with E-state index in [2.05, 4.69) is 10.6 Å². The monoisotopic (exact) mass is 385 g/mol. The van der Waals surface area contributed by atoms with E-state index in [0.717, 1.165) is 61.4 Å². The summed E-state index contributed by atoms with van der Waals surface area (Å²) < 4.78 is 27.0. The molecule has 4 aliphatic carbocycles. The van der Waals surface area contributed by atoms with Crippen LogP contribution in [0.1, 0.15) is 45.4 Å². The number of nitrogens with zero attached hydrogens (tertiary/aromatic N) is 1. The number of nitrogens with one attached hydrogen (secondary N) is 2. The van der Waals surface area contributed by atoms with Gasteiger partial charge in [-0.25, -0.2) is 8.78 Å². The fourth-order valence-electron chi connectivity index (χ4n) is 6.04. The second kappa shape index (κ2) is 7.20. The van der Waals surface area contributed by atoms with Gasteiger partial charge in [0.15, 0.2) is 0 Å². The van der Waals surface area contributed by atoms with Crippen molar-refractivity contribution in [2.75, 3.05) is 5.32 Å². The van der Waals surface area contributed by atoms with Gasteiger partial charge in [-0.1, -0.05) is 0 Å². The molecule has 2 N–H and O–H groups in total. The molecule has 28 heavy (non-hydrogen) atoms. The average Bonchev–Trinajstić information content (AvgIpc) is 2.63. The van der Waals surface area contributed by atoms with Gasteiger partial charge in [0.1, 0.15) is 23.3 Å². The molecule has 1 aromatic rings. The number of nitriles is 1. The number of benzene rings is 1. The SMILES string of the molecule is CC(NC(=O)/C(C#N)=C\Nc1cc(F)ccc1F)C12CC3CC(CC(C3)C1)C2. The van der Waals surface area contributed by atoms with Crippen molar-refractivity contribution in [3.05, 3.63) is 41.6 Å². The van der Waals surface area contributed by atoms with Gasteiger partial charge in [-0.3, -0.25) is 4.79 Å². The highest BCUT2D eigenvalue weighted by molar-refractivity contribution is 5.97. The lowest BCUT2D eigenvalue weighted by Crippen LogP contribution is -2.56. The van der Waals surface area contributed by atoms with Crippen molar-refractivity contribution in [1.82, 2.24) is 5.32 Å². The van der Waals surface area contributed by atoms with Gasteiger partial charge in [-0.15, -0.1) is 0 Å². The predicted molar refractivity (Wildman–Crippen MR) is 102 cm³/mol. The Kier molecular flexibility index (Phi) is 4.86. The molecule has 1 aromatic carbocycles. The number of anilines is 1. The normalized spacial score (nSPS) is 31.9. The molecule has 0 radical (unpaired) electrons. The molecule has 0 aromatic heterocycles. The van der Waals surface area contributed by atoms with Crippen molar-refractivity contribution in [2.45, 2.75) is 51.5 Å². The van der Waals surface area contributed by atoms with Gasteiger partial charge in [0.05, 0.1) is 5.69 Å². The van der Waals surface area contributed by atoms with Crippen molar-refractivity contribution in [1.29, 1.82) is 5.26 Å². The molecule has 1 amide bonds. The number of hydrogen-bond donors (Lipinski definition) is 2. The molecule has 4 nitrogen and oxygen atoms in total. The van der Waals surface area contributed by atoms with Crippen molar-refractivity contribution < 1.29 is 13.6 Å². The number of rotatable bonds is 5. The third kappa shape index (κ3) is 3.50. The minimum absolute atomic E-state index is 0.0175. The topological polar surface area (TPSA) is 64.9 Å². The molecule has 6 heteroatoms. The van der Waals surface area contributed by atoms with Gasteiger partial charge in [-0.2, -0.15) is 5.26 Å². The van der Waals surface area contributed by atoms with Gasteiger partial charge in [-0.05, 0) is 80.8 Å². The molecule has 148 valence electrons. The first-order valence-corrected chi connectivity index (χ1v) is 10.0. The third-order valence-electron chi connectivity index (χ3n) is 7.02. The van der Waals surface area contributed by atoms with E-state index in [0.29, 0.717) is 0 Å². The molecule has 0 heterocycles. The Hall–Kier alpha value is -2.42. The van der Waals surface area contributed by atoms with Crippen molar-refractivity contribution in [3.63, 3.8) is 0 Å². The highest BCUT2D eigenvalue weighted by atomic mass is 19.1. The standard InChI is InChI=1S/C22H25F2N3O/c1-13(22-8-14-4-15(9-22)6-16(5-14)10-22)27-21(28)17(11-25)12-26-20-7-18(23)2-3-19(20)24/h2-3,7,12-16,26H,4-6,8-10H2,1H3,(H,27,28)/b17-12-. The Bertz CT molecular complexity index is 823. The molecular weight excluding hydrogens is 360 g/mol. The van der Waals surface area contributed by atoms with Crippen LogP contribution in [0.15, 0.2) is 30.0 Å². The van der Waals surface area contributed by atoms with E-state index in [1.54, 1.807) is 0 Å². The van der Waals surface area contributed by atoms with E-state index in [9.17, 15) is 18.8 Å². The maximum Gasteiger partial charge on any atom is 0.263 e. The summed E-state index contributed by atoms with van der Waals surface area (Å²) >= 11 is 0. The second-order valence-corrected chi connectivity index (χ2v) is 8.91. The molecule has 1 unspecified atom stereocenters. The van der Waals surface area contributed by atoms with Gasteiger partial charge < -0.3 is 10.6 Å². The van der Waals surface area contributed by atoms with Crippen LogP contribution in [0.25, 0.3) is 0 Å². The van der Waals surface area contributed by atoms with Crippen LogP contribution in [0.5, 0.6) is 0 Å². The Balaban J connectivity index is 1.44. The van der Waals surface area contributed by atoms with Crippen molar-refractivity contribution in [3.8, 4) is 6.07 Å². The first kappa shape index (κ1) is 18.9. The zero-order valence-electron chi connectivity index (χ0n) is 16.0. The van der Waals surface area contributed by atoms with E-state index in [1.807, 2.05) is 13.0 Å². The van der Waals surface area contributed by atoms with Crippen LogP contribution in [0.4, 0.5) is 14.5 Å². The van der Waals surface area contributed by atoms with E-state index >= 15 is 0 Å². The highest BCUT2D eigenvalue weighted by Gasteiger charge is 2.53. The lowest BCUT2D eigenvalue weighted by Gasteiger charge is -2.59. The Labute approximate surface area is 164 Å². The summed E-state index contributed by atoms with van der Waals surface area (Å²) in [5, 5.41) is 14.9. The zero-order valence-corrected chi connectivity index (χ0v) is 16.0. The van der Waals surface area contributed by atoms with Crippen LogP contribution >= 0.6 is 0 Å². The number of halogens is 2. The summed E-state index contributed by atoms with van der Waals surface area (Å²) in [6.45, 7) is 2.04. The van der Waals surface area contributed by atoms with Gasteiger partial charge >= 0.3 is 0 Å². The molecule has 4 fully saturated rings. The largest absolute Gasteiger partial charge is 0.358 e. The quantitative estimate of drug-likeness (QED) is 0.579. The minimum Gasteiger partial charge on any atom is -0.358 e. The number of carbonyl (C=O) groups excluding carboxylic acids is 1. The summed E-state index contributed by atoms with van der Waals surface area (Å²) in [7, 11) is 0. The summed E-state index contributed by atoms with van der Waals surface area (Å²) in [5.74, 6) is 0.584. The average molecular weight is 385 g/mol. The van der Waals surface area contributed by atoms with Crippen LogP contribution in [0, 0.1) is 46.1 Å². The fraction of sp³-hybridized carbons (Fsp3) is 0.545. The number of hydrogen-bond acceptors (Lipinski definition) is 3. The van der Waals surface area contributed by atoms with E-state index in [-0.39, 0.29) is 22.7 Å². The summed E-state index contributed by atoms with van der Waals surface area (Å²) in [5.41, 5.74) is -0.137. The van der Waals surface area contributed by atoms with Gasteiger partial charge in [0, 0.05) is 18.3 Å².